The highest BCUT2D eigenvalue weighted by molar-refractivity contribution is 7.09. The topological polar surface area (TPSA) is 60.5 Å². The van der Waals surface area contributed by atoms with Crippen LogP contribution in [0.5, 0.6) is 11.5 Å². The molecule has 0 aliphatic carbocycles. The van der Waals surface area contributed by atoms with Crippen LogP contribution in [0.1, 0.15) is 26.6 Å². The molecule has 0 aliphatic rings. The average Bonchev–Trinajstić information content (AvgIpc) is 3.12. The molecule has 1 N–H and O–H groups in total. The molecule has 6 heteroatoms. The number of thiazole rings is 1. The van der Waals surface area contributed by atoms with Gasteiger partial charge >= 0.3 is 0 Å². The summed E-state index contributed by atoms with van der Waals surface area (Å²) in [5.41, 5.74) is 2.73. The first-order valence-corrected chi connectivity index (χ1v) is 9.57. The van der Waals surface area contributed by atoms with Crippen LogP contribution in [0.15, 0.2) is 53.9 Å². The number of ether oxygens (including phenoxy) is 2. The first-order chi connectivity index (χ1) is 13.1. The van der Waals surface area contributed by atoms with Gasteiger partial charge in [0.25, 0.3) is 5.91 Å². The number of aryl methyl sites for hydroxylation is 1. The number of hydrogen-bond acceptors (Lipinski definition) is 5. The fourth-order valence-corrected chi connectivity index (χ4v) is 3.25. The van der Waals surface area contributed by atoms with Gasteiger partial charge in [0, 0.05) is 23.2 Å². The van der Waals surface area contributed by atoms with E-state index in [0.717, 1.165) is 34.2 Å². The van der Waals surface area contributed by atoms with Gasteiger partial charge in [-0.05, 0) is 55.3 Å². The van der Waals surface area contributed by atoms with E-state index < -0.39 is 0 Å². The lowest BCUT2D eigenvalue weighted by molar-refractivity contribution is 0.0954. The van der Waals surface area contributed by atoms with Crippen LogP contribution >= 0.6 is 11.3 Å². The second kappa shape index (κ2) is 9.19. The minimum Gasteiger partial charge on any atom is -0.497 e. The molecule has 27 heavy (non-hydrogen) atoms. The van der Waals surface area contributed by atoms with Gasteiger partial charge in [0.1, 0.15) is 23.1 Å². The van der Waals surface area contributed by atoms with Crippen molar-refractivity contribution in [2.75, 3.05) is 13.7 Å². The van der Waals surface area contributed by atoms with E-state index in [1.54, 1.807) is 42.7 Å². The van der Waals surface area contributed by atoms with Crippen molar-refractivity contribution in [1.29, 1.82) is 0 Å². The van der Waals surface area contributed by atoms with Crippen LogP contribution in [0, 0.1) is 6.92 Å². The van der Waals surface area contributed by atoms with Crippen molar-refractivity contribution in [1.82, 2.24) is 10.3 Å². The van der Waals surface area contributed by atoms with Crippen molar-refractivity contribution in [3.63, 3.8) is 0 Å². The van der Waals surface area contributed by atoms with E-state index in [4.69, 9.17) is 9.47 Å². The Hall–Kier alpha value is -2.86. The molecule has 0 radical (unpaired) electrons. The number of amides is 1. The summed E-state index contributed by atoms with van der Waals surface area (Å²) in [5.74, 6) is 1.44. The monoisotopic (exact) mass is 382 g/mol. The Morgan fingerprint density at radius 2 is 1.96 bits per heavy atom. The molecule has 0 fully saturated rings. The Kier molecular flexibility index (Phi) is 6.44. The third-order valence-corrected chi connectivity index (χ3v) is 4.92. The summed E-state index contributed by atoms with van der Waals surface area (Å²) >= 11 is 1.58. The maximum atomic E-state index is 12.3. The Labute approximate surface area is 163 Å². The number of nitrogens with one attached hydrogen (secondary N) is 1. The standard InChI is InChI=1S/C21H22N2O3S/c1-15-14-27-20(23-15)13-26-18-8-6-17(7-9-18)21(24)22-11-10-16-4-3-5-19(12-16)25-2/h3-9,12,14H,10-11,13H2,1-2H3,(H,22,24). The van der Waals surface area contributed by atoms with Crippen LogP contribution in [-0.4, -0.2) is 24.5 Å². The van der Waals surface area contributed by atoms with Gasteiger partial charge in [-0.3, -0.25) is 4.79 Å². The van der Waals surface area contributed by atoms with E-state index in [1.165, 1.54) is 0 Å². The second-order valence-electron chi connectivity index (χ2n) is 6.05. The summed E-state index contributed by atoms with van der Waals surface area (Å²) in [6, 6.07) is 15.0. The van der Waals surface area contributed by atoms with Crippen molar-refractivity contribution in [2.24, 2.45) is 0 Å². The lowest BCUT2D eigenvalue weighted by Gasteiger charge is -2.08. The van der Waals surface area contributed by atoms with E-state index >= 15 is 0 Å². The van der Waals surface area contributed by atoms with Gasteiger partial charge in [-0.2, -0.15) is 0 Å². The van der Waals surface area contributed by atoms with Gasteiger partial charge in [-0.15, -0.1) is 11.3 Å². The predicted molar refractivity (Wildman–Crippen MR) is 107 cm³/mol. The Bertz CT molecular complexity index is 890. The number of nitrogens with zero attached hydrogens (tertiary/aromatic N) is 1. The average molecular weight is 382 g/mol. The zero-order chi connectivity index (χ0) is 19.1. The number of carbonyl (C=O) groups is 1. The van der Waals surface area contributed by atoms with Crippen molar-refractivity contribution in [2.45, 2.75) is 20.0 Å². The van der Waals surface area contributed by atoms with Crippen LogP contribution in [0.3, 0.4) is 0 Å². The molecule has 1 aromatic heterocycles. The molecule has 0 spiro atoms. The van der Waals surface area contributed by atoms with E-state index in [9.17, 15) is 4.79 Å². The minimum atomic E-state index is -0.0972. The normalized spacial score (nSPS) is 10.4. The molecular weight excluding hydrogens is 360 g/mol. The zero-order valence-electron chi connectivity index (χ0n) is 15.4. The fourth-order valence-electron chi connectivity index (χ4n) is 2.57. The van der Waals surface area contributed by atoms with Crippen molar-refractivity contribution in [3.05, 3.63) is 75.7 Å². The molecule has 0 atom stereocenters. The number of rotatable bonds is 8. The van der Waals surface area contributed by atoms with Gasteiger partial charge in [0.2, 0.25) is 0 Å². The van der Waals surface area contributed by atoms with Crippen molar-refractivity contribution in [3.8, 4) is 11.5 Å². The van der Waals surface area contributed by atoms with Gasteiger partial charge in [-0.1, -0.05) is 12.1 Å². The third kappa shape index (κ3) is 5.56. The molecule has 0 unspecified atom stereocenters. The molecule has 3 aromatic rings. The number of aromatic nitrogens is 1. The molecule has 1 amide bonds. The number of methoxy groups -OCH3 is 1. The molecule has 3 rings (SSSR count). The number of benzene rings is 2. The largest absolute Gasteiger partial charge is 0.497 e. The Morgan fingerprint density at radius 3 is 2.67 bits per heavy atom. The van der Waals surface area contributed by atoms with Gasteiger partial charge in [0.15, 0.2) is 0 Å². The molecule has 0 aliphatic heterocycles. The summed E-state index contributed by atoms with van der Waals surface area (Å²) in [5, 5.41) is 5.87. The first-order valence-electron chi connectivity index (χ1n) is 8.69. The summed E-state index contributed by atoms with van der Waals surface area (Å²) in [6.45, 7) is 2.96. The molecule has 0 saturated carbocycles. The van der Waals surface area contributed by atoms with Crippen LogP contribution in [0.2, 0.25) is 0 Å². The lowest BCUT2D eigenvalue weighted by atomic mass is 10.1. The van der Waals surface area contributed by atoms with Crippen LogP contribution in [-0.2, 0) is 13.0 Å². The number of carbonyl (C=O) groups excluding carboxylic acids is 1. The summed E-state index contributed by atoms with van der Waals surface area (Å²) in [6.07, 6.45) is 0.747. The van der Waals surface area contributed by atoms with Crippen LogP contribution < -0.4 is 14.8 Å². The predicted octanol–water partition coefficient (Wildman–Crippen LogP) is 4.01. The van der Waals surface area contributed by atoms with Crippen LogP contribution in [0.25, 0.3) is 0 Å². The van der Waals surface area contributed by atoms with Crippen LogP contribution in [0.4, 0.5) is 0 Å². The molecule has 1 heterocycles. The van der Waals surface area contributed by atoms with E-state index in [2.05, 4.69) is 10.3 Å². The summed E-state index contributed by atoms with van der Waals surface area (Å²) in [4.78, 5) is 16.6. The highest BCUT2D eigenvalue weighted by atomic mass is 32.1. The molecular formula is C21H22N2O3S. The highest BCUT2D eigenvalue weighted by Gasteiger charge is 2.06. The number of hydrogen-bond donors (Lipinski definition) is 1. The summed E-state index contributed by atoms with van der Waals surface area (Å²) in [7, 11) is 1.65. The van der Waals surface area contributed by atoms with E-state index in [1.807, 2.05) is 36.6 Å². The maximum Gasteiger partial charge on any atom is 0.251 e. The maximum absolute atomic E-state index is 12.3. The molecule has 140 valence electrons. The van der Waals surface area contributed by atoms with Gasteiger partial charge in [0.05, 0.1) is 7.11 Å². The Morgan fingerprint density at radius 1 is 1.15 bits per heavy atom. The zero-order valence-corrected chi connectivity index (χ0v) is 16.2. The van der Waals surface area contributed by atoms with Gasteiger partial charge in [-0.25, -0.2) is 4.98 Å². The fraction of sp³-hybridized carbons (Fsp3) is 0.238. The molecule has 5 nitrogen and oxygen atoms in total. The van der Waals surface area contributed by atoms with Crippen molar-refractivity contribution >= 4 is 17.2 Å². The van der Waals surface area contributed by atoms with E-state index in [-0.39, 0.29) is 5.91 Å². The van der Waals surface area contributed by atoms with Crippen molar-refractivity contribution < 1.29 is 14.3 Å². The van der Waals surface area contributed by atoms with Gasteiger partial charge < -0.3 is 14.8 Å². The summed E-state index contributed by atoms with van der Waals surface area (Å²) < 4.78 is 10.9. The second-order valence-corrected chi connectivity index (χ2v) is 7.00. The third-order valence-electron chi connectivity index (χ3n) is 3.98. The lowest BCUT2D eigenvalue weighted by Crippen LogP contribution is -2.25. The van der Waals surface area contributed by atoms with E-state index in [0.29, 0.717) is 18.7 Å². The molecule has 0 bridgehead atoms. The quantitative estimate of drug-likeness (QED) is 0.639. The Balaban J connectivity index is 1.46. The first kappa shape index (κ1) is 18.9. The minimum absolute atomic E-state index is 0.0972. The highest BCUT2D eigenvalue weighted by Crippen LogP contribution is 2.16. The smallest absolute Gasteiger partial charge is 0.251 e. The molecule has 2 aromatic carbocycles. The SMILES string of the molecule is COc1cccc(CCNC(=O)c2ccc(OCc3nc(C)cs3)cc2)c1. The molecule has 0 saturated heterocycles.